The quantitative estimate of drug-likeness (QED) is 0.297. The number of fused-ring (bicyclic) bond motifs is 3. The molecule has 2 heterocycles. The van der Waals surface area contributed by atoms with Gasteiger partial charge in [-0.1, -0.05) is 54.6 Å². The summed E-state index contributed by atoms with van der Waals surface area (Å²) in [6, 6.07) is 24.2. The monoisotopic (exact) mass is 420 g/mol. The first kappa shape index (κ1) is 20.5. The molecule has 0 unspecified atom stereocenters. The third kappa shape index (κ3) is 3.39. The molecule has 1 aliphatic rings. The van der Waals surface area contributed by atoms with Gasteiger partial charge in [-0.2, -0.15) is 0 Å². The fraction of sp³-hybridized carbons (Fsp3) is 0.276. The molecule has 3 heteroatoms. The molecular formula is C29H30N3+. The molecule has 0 amide bonds. The largest absolute Gasteiger partial charge is 0.349 e. The van der Waals surface area contributed by atoms with Gasteiger partial charge < -0.3 is 4.57 Å². The molecule has 3 aromatic carbocycles. The van der Waals surface area contributed by atoms with Crippen molar-refractivity contribution in [3.8, 4) is 11.1 Å². The summed E-state index contributed by atoms with van der Waals surface area (Å²) in [6.45, 7) is 13.3. The highest BCUT2D eigenvalue weighted by atomic mass is 15.1. The first-order valence-corrected chi connectivity index (χ1v) is 11.3. The first-order valence-electron chi connectivity index (χ1n) is 11.3. The average molecular weight is 421 g/mol. The highest BCUT2D eigenvalue weighted by molar-refractivity contribution is 6.09. The first-order chi connectivity index (χ1) is 15.1. The fourth-order valence-corrected chi connectivity index (χ4v) is 4.51. The van der Waals surface area contributed by atoms with Crippen LogP contribution in [0.5, 0.6) is 0 Å². The molecule has 0 atom stereocenters. The Balaban J connectivity index is 1.56. The Kier molecular flexibility index (Phi) is 4.51. The Labute approximate surface area is 189 Å². The summed E-state index contributed by atoms with van der Waals surface area (Å²) < 4.78 is 2.46. The lowest BCUT2D eigenvalue weighted by Gasteiger charge is -2.24. The Morgan fingerprint density at radius 2 is 1.31 bits per heavy atom. The van der Waals surface area contributed by atoms with Crippen molar-refractivity contribution >= 4 is 33.2 Å². The number of hydrogen-bond acceptors (Lipinski definition) is 1. The maximum Gasteiger partial charge on any atom is 0.349 e. The zero-order valence-corrected chi connectivity index (χ0v) is 19.8. The topological polar surface area (TPSA) is 31.4 Å². The van der Waals surface area contributed by atoms with E-state index in [9.17, 15) is 0 Å². The van der Waals surface area contributed by atoms with Gasteiger partial charge in [0.2, 0.25) is 0 Å². The van der Waals surface area contributed by atoms with Gasteiger partial charge in [-0.25, -0.2) is 0 Å². The number of rotatable bonds is 2. The molecule has 0 saturated carbocycles. The lowest BCUT2D eigenvalue weighted by Crippen LogP contribution is -2.21. The van der Waals surface area contributed by atoms with E-state index in [0.29, 0.717) is 0 Å². The number of aromatic nitrogens is 1. The summed E-state index contributed by atoms with van der Waals surface area (Å²) in [6.07, 6.45) is 2.10. The molecule has 3 nitrogen and oxygen atoms in total. The van der Waals surface area contributed by atoms with E-state index in [2.05, 4.69) is 129 Å². The normalized spacial score (nSPS) is 14.3. The van der Waals surface area contributed by atoms with Gasteiger partial charge >= 0.3 is 5.71 Å². The standard InChI is InChI=1S/C29H30N3/c1-28(2,3)27-18-24(30-31-27)20-13-11-19(12-14-20)21-15-16-23-22-9-7-8-10-25(22)32(26(23)17-21)29(4,5)6/h7-18H,1-6H3/q+1. The van der Waals surface area contributed by atoms with Crippen LogP contribution in [0, 0.1) is 5.41 Å². The van der Waals surface area contributed by atoms with Crippen molar-refractivity contribution in [2.45, 2.75) is 47.1 Å². The molecule has 0 saturated heterocycles. The number of benzene rings is 3. The predicted molar refractivity (Wildman–Crippen MR) is 135 cm³/mol. The Bertz CT molecular complexity index is 1440. The van der Waals surface area contributed by atoms with Crippen LogP contribution in [0.3, 0.4) is 0 Å². The van der Waals surface area contributed by atoms with Gasteiger partial charge in [0.05, 0.1) is 21.8 Å². The maximum atomic E-state index is 4.41. The van der Waals surface area contributed by atoms with Crippen LogP contribution in [0.15, 0.2) is 77.9 Å². The molecule has 4 aromatic rings. The van der Waals surface area contributed by atoms with Gasteiger partial charge in [0.1, 0.15) is 5.11 Å². The molecule has 1 aliphatic heterocycles. The minimum absolute atomic E-state index is 0.00606. The number of hydrogen-bond donors (Lipinski definition) is 0. The molecule has 32 heavy (non-hydrogen) atoms. The van der Waals surface area contributed by atoms with E-state index in [1.165, 1.54) is 32.9 Å². The van der Waals surface area contributed by atoms with E-state index in [4.69, 9.17) is 0 Å². The van der Waals surface area contributed by atoms with Gasteiger partial charge in [0.25, 0.3) is 0 Å². The van der Waals surface area contributed by atoms with Gasteiger partial charge in [-0.15, -0.1) is 0 Å². The second-order valence-corrected chi connectivity index (χ2v) is 10.7. The molecule has 0 fully saturated rings. The molecule has 160 valence electrons. The van der Waals surface area contributed by atoms with Crippen LogP contribution >= 0.6 is 0 Å². The van der Waals surface area contributed by atoms with Gasteiger partial charge in [-0.05, 0) is 64.8 Å². The average Bonchev–Trinajstić information content (AvgIpc) is 3.36. The number of allylic oxidation sites excluding steroid dienone is 1. The molecule has 1 aromatic heterocycles. The van der Waals surface area contributed by atoms with Crippen LogP contribution in [0.2, 0.25) is 0 Å². The third-order valence-corrected chi connectivity index (χ3v) is 6.17. The molecule has 0 aliphatic carbocycles. The van der Waals surface area contributed by atoms with E-state index in [1.807, 2.05) is 0 Å². The number of nitrogens with zero attached hydrogens (tertiary/aromatic N) is 3. The van der Waals surface area contributed by atoms with Crippen molar-refractivity contribution < 1.29 is 4.79 Å². The molecule has 5 rings (SSSR count). The summed E-state index contributed by atoms with van der Waals surface area (Å²) in [5.74, 6) is 0. The van der Waals surface area contributed by atoms with E-state index >= 15 is 0 Å². The van der Waals surface area contributed by atoms with Gasteiger partial charge in [-0.3, -0.25) is 0 Å². The second-order valence-electron chi connectivity index (χ2n) is 10.7. The fourth-order valence-electron chi connectivity index (χ4n) is 4.51. The minimum atomic E-state index is -0.00888. The van der Waals surface area contributed by atoms with E-state index < -0.39 is 0 Å². The Morgan fingerprint density at radius 1 is 0.688 bits per heavy atom. The van der Waals surface area contributed by atoms with Crippen molar-refractivity contribution in [1.82, 2.24) is 4.57 Å². The second kappa shape index (κ2) is 7.05. The van der Waals surface area contributed by atoms with Crippen LogP contribution in [-0.4, -0.2) is 15.1 Å². The predicted octanol–water partition coefficient (Wildman–Crippen LogP) is 7.72. The lowest BCUT2D eigenvalue weighted by atomic mass is 9.89. The van der Waals surface area contributed by atoms with Gasteiger partial charge in [0, 0.05) is 27.4 Å². The summed E-state index contributed by atoms with van der Waals surface area (Å²) in [7, 11) is 0. The zero-order chi connectivity index (χ0) is 22.7. The van der Waals surface area contributed by atoms with Crippen LogP contribution in [0.4, 0.5) is 0 Å². The summed E-state index contributed by atoms with van der Waals surface area (Å²) >= 11 is 0. The van der Waals surface area contributed by atoms with Crippen LogP contribution in [0.1, 0.15) is 47.1 Å². The number of para-hydroxylation sites is 1. The van der Waals surface area contributed by atoms with Gasteiger partial charge in [0.15, 0.2) is 5.70 Å². The maximum absolute atomic E-state index is 4.41. The highest BCUT2D eigenvalue weighted by Gasteiger charge is 2.32. The Hall–Kier alpha value is -3.42. The Morgan fingerprint density at radius 3 is 1.97 bits per heavy atom. The summed E-state index contributed by atoms with van der Waals surface area (Å²) in [4.78, 5) is 4.38. The van der Waals surface area contributed by atoms with Crippen LogP contribution < -0.4 is 0 Å². The lowest BCUT2D eigenvalue weighted by molar-refractivity contribution is -0.0791. The molecular weight excluding hydrogens is 390 g/mol. The summed E-state index contributed by atoms with van der Waals surface area (Å²) in [5, 5.41) is 7.02. The van der Waals surface area contributed by atoms with Crippen LogP contribution in [0.25, 0.3) is 38.6 Å². The van der Waals surface area contributed by atoms with E-state index in [-0.39, 0.29) is 11.0 Å². The zero-order valence-electron chi connectivity index (χ0n) is 19.8. The molecule has 0 bridgehead atoms. The summed E-state index contributed by atoms with van der Waals surface area (Å²) in [5.41, 5.74) is 8.04. The van der Waals surface area contributed by atoms with Crippen LogP contribution in [-0.2, 0) is 5.54 Å². The SMILES string of the molecule is CC(C)(C)C1=[N+]=NC(c2ccc(-c3ccc4c5ccccc5n(C(C)(C)C)c4c3)cc2)=C1. The molecule has 0 radical (unpaired) electrons. The molecule has 0 N–H and O–H groups in total. The van der Waals surface area contributed by atoms with E-state index in [0.717, 1.165) is 17.0 Å². The molecule has 0 spiro atoms. The van der Waals surface area contributed by atoms with Crippen molar-refractivity contribution in [2.24, 2.45) is 10.5 Å². The van der Waals surface area contributed by atoms with Crippen molar-refractivity contribution in [3.63, 3.8) is 0 Å². The minimum Gasteiger partial charge on any atom is -0.335 e. The highest BCUT2D eigenvalue weighted by Crippen LogP contribution is 2.36. The van der Waals surface area contributed by atoms with Crippen molar-refractivity contribution in [1.29, 1.82) is 0 Å². The third-order valence-electron chi connectivity index (χ3n) is 6.17. The van der Waals surface area contributed by atoms with Crippen molar-refractivity contribution in [3.05, 3.63) is 78.4 Å². The smallest absolute Gasteiger partial charge is 0.335 e. The van der Waals surface area contributed by atoms with Crippen molar-refractivity contribution in [2.75, 3.05) is 0 Å². The van der Waals surface area contributed by atoms with E-state index in [1.54, 1.807) is 0 Å².